The highest BCUT2D eigenvalue weighted by Gasteiger charge is 2.60. The summed E-state index contributed by atoms with van der Waals surface area (Å²) in [5.74, 6) is -2.15. The molecule has 3 N–H and O–H groups in total. The maximum Gasteiger partial charge on any atom is 0.407 e. The van der Waals surface area contributed by atoms with Crippen molar-refractivity contribution in [2.24, 2.45) is 11.8 Å². The minimum Gasteiger partial charge on any atom is -0.477 e. The van der Waals surface area contributed by atoms with Gasteiger partial charge in [-0.25, -0.2) is 9.59 Å². The number of nitrogens with one attached hydrogen (secondary N) is 2. The highest BCUT2D eigenvalue weighted by Crippen LogP contribution is 2.51. The summed E-state index contributed by atoms with van der Waals surface area (Å²) in [5, 5.41) is 15.7. The van der Waals surface area contributed by atoms with E-state index in [0.29, 0.717) is 17.9 Å². The van der Waals surface area contributed by atoms with Crippen LogP contribution in [0.4, 0.5) is 4.79 Å². The molecule has 2 fully saturated rings. The molecule has 0 radical (unpaired) electrons. The van der Waals surface area contributed by atoms with E-state index in [-0.39, 0.29) is 47.4 Å². The fraction of sp³-hybridized carbons (Fsp3) is 0.700. The van der Waals surface area contributed by atoms with E-state index in [1.165, 1.54) is 21.6 Å². The first kappa shape index (κ1) is 23.4. The number of β-lactam (4-membered cyclic amide) rings is 1. The number of ether oxygens (including phenoxy) is 1. The number of nitrogens with zero attached hydrogens (tertiary/aromatic N) is 2. The minimum absolute atomic E-state index is 0.00654. The minimum atomic E-state index is -1.14. The van der Waals surface area contributed by atoms with E-state index in [4.69, 9.17) is 4.74 Å². The van der Waals surface area contributed by atoms with Crippen LogP contribution in [-0.4, -0.2) is 89.4 Å². The Bertz CT molecular complexity index is 815. The lowest BCUT2D eigenvalue weighted by Gasteiger charge is -2.47. The molecule has 3 amide bonds. The first-order valence-electron chi connectivity index (χ1n) is 10.4. The number of carboxylic acid groups (broad SMARTS) is 1. The molecule has 0 aliphatic carbocycles. The number of carbonyl (C=O) groups is 4. The molecule has 0 aromatic rings. The summed E-state index contributed by atoms with van der Waals surface area (Å²) < 4.78 is 4.90. The zero-order chi connectivity index (χ0) is 23.0. The number of thioether (sulfide) groups is 1. The van der Waals surface area contributed by atoms with Crippen molar-refractivity contribution in [3.8, 4) is 0 Å². The van der Waals surface area contributed by atoms with Gasteiger partial charge in [-0.3, -0.25) is 9.59 Å². The molecule has 0 aromatic heterocycles. The number of hydrogen-bond acceptors (Lipinski definition) is 7. The molecule has 6 atom stereocenters. The fourth-order valence-electron chi connectivity index (χ4n) is 4.62. The van der Waals surface area contributed by atoms with Crippen LogP contribution in [0.1, 0.15) is 27.2 Å². The Balaban J connectivity index is 1.74. The molecule has 0 spiro atoms. The first-order valence-corrected chi connectivity index (χ1v) is 11.3. The molecule has 172 valence electrons. The quantitative estimate of drug-likeness (QED) is 0.473. The molecule has 0 saturated carbocycles. The summed E-state index contributed by atoms with van der Waals surface area (Å²) in [6, 6.07) is -1.10. The molecule has 3 heterocycles. The van der Waals surface area contributed by atoms with Crippen LogP contribution < -0.4 is 10.6 Å². The van der Waals surface area contributed by atoms with Gasteiger partial charge in [-0.1, -0.05) is 6.92 Å². The van der Waals surface area contributed by atoms with E-state index >= 15 is 0 Å². The Morgan fingerprint density at radius 1 is 1.39 bits per heavy atom. The summed E-state index contributed by atoms with van der Waals surface area (Å²) in [7, 11) is 3.41. The van der Waals surface area contributed by atoms with E-state index < -0.39 is 24.0 Å². The second kappa shape index (κ2) is 9.07. The number of amides is 3. The zero-order valence-electron chi connectivity index (χ0n) is 18.4. The molecule has 3 rings (SSSR count). The standard InChI is InChI=1S/C20H30N4O6S/c1-6-30-20(29)22-10(3)13-14-9(2)16(15(19(27)28)24(14)18(13)26)31-11-7-12(21-8-11)17(25)23(4)5/h9-14,21H,6-8H2,1-5H3,(H,22,29)(H,27,28)/t9-,10-,11+,12+,13-,14-/m1/s1. The van der Waals surface area contributed by atoms with Crippen molar-refractivity contribution < 1.29 is 29.0 Å². The van der Waals surface area contributed by atoms with Crippen LogP contribution in [-0.2, 0) is 19.1 Å². The van der Waals surface area contributed by atoms with E-state index in [2.05, 4.69) is 10.6 Å². The maximum absolute atomic E-state index is 12.8. The Morgan fingerprint density at radius 2 is 2.06 bits per heavy atom. The number of rotatable bonds is 7. The molecule has 0 bridgehead atoms. The van der Waals surface area contributed by atoms with Crippen molar-refractivity contribution in [3.05, 3.63) is 10.6 Å². The van der Waals surface area contributed by atoms with E-state index in [0.717, 1.165) is 0 Å². The van der Waals surface area contributed by atoms with Crippen LogP contribution in [0, 0.1) is 11.8 Å². The summed E-state index contributed by atoms with van der Waals surface area (Å²) in [4.78, 5) is 52.4. The number of likely N-dealkylation sites (N-methyl/N-ethyl adjacent to an activating group) is 1. The summed E-state index contributed by atoms with van der Waals surface area (Å²) in [5.41, 5.74) is 0.0227. The second-order valence-corrected chi connectivity index (χ2v) is 9.70. The van der Waals surface area contributed by atoms with Gasteiger partial charge < -0.3 is 30.3 Å². The summed E-state index contributed by atoms with van der Waals surface area (Å²) in [6.07, 6.45) is -0.00486. The predicted molar refractivity (Wildman–Crippen MR) is 114 cm³/mol. The van der Waals surface area contributed by atoms with Crippen LogP contribution in [0.3, 0.4) is 0 Å². The van der Waals surface area contributed by atoms with Crippen molar-refractivity contribution >= 4 is 35.6 Å². The van der Waals surface area contributed by atoms with Gasteiger partial charge in [-0.15, -0.1) is 11.8 Å². The maximum atomic E-state index is 12.8. The van der Waals surface area contributed by atoms with Gasteiger partial charge in [0.25, 0.3) is 0 Å². The number of carbonyl (C=O) groups excluding carboxylic acids is 3. The van der Waals surface area contributed by atoms with Crippen molar-refractivity contribution in [2.75, 3.05) is 27.2 Å². The highest BCUT2D eigenvalue weighted by atomic mass is 32.2. The van der Waals surface area contributed by atoms with Crippen LogP contribution in [0.5, 0.6) is 0 Å². The summed E-state index contributed by atoms with van der Waals surface area (Å²) >= 11 is 1.44. The zero-order valence-corrected chi connectivity index (χ0v) is 19.2. The van der Waals surface area contributed by atoms with Crippen molar-refractivity contribution in [3.63, 3.8) is 0 Å². The predicted octanol–water partition coefficient (Wildman–Crippen LogP) is 0.446. The highest BCUT2D eigenvalue weighted by molar-refractivity contribution is 8.03. The van der Waals surface area contributed by atoms with Crippen LogP contribution in [0.2, 0.25) is 0 Å². The number of aliphatic carboxylic acids is 1. The second-order valence-electron chi connectivity index (χ2n) is 8.35. The molecular formula is C20H30N4O6S. The van der Waals surface area contributed by atoms with Gasteiger partial charge in [0.15, 0.2) is 0 Å². The van der Waals surface area contributed by atoms with Gasteiger partial charge in [0.2, 0.25) is 11.8 Å². The molecule has 0 unspecified atom stereocenters. The van der Waals surface area contributed by atoms with Crippen LogP contribution in [0.25, 0.3) is 0 Å². The van der Waals surface area contributed by atoms with Gasteiger partial charge in [0.1, 0.15) is 5.70 Å². The van der Waals surface area contributed by atoms with E-state index in [1.807, 2.05) is 6.92 Å². The lowest BCUT2D eigenvalue weighted by molar-refractivity contribution is -0.158. The molecular weight excluding hydrogens is 424 g/mol. The van der Waals surface area contributed by atoms with Crippen molar-refractivity contribution in [1.82, 2.24) is 20.4 Å². The lowest BCUT2D eigenvalue weighted by atomic mass is 9.78. The third-order valence-corrected chi connectivity index (χ3v) is 7.59. The van der Waals surface area contributed by atoms with Gasteiger partial charge in [-0.05, 0) is 20.3 Å². The monoisotopic (exact) mass is 454 g/mol. The van der Waals surface area contributed by atoms with Crippen molar-refractivity contribution in [2.45, 2.75) is 50.6 Å². The molecule has 3 aliphatic rings. The topological polar surface area (TPSA) is 128 Å². The number of carboxylic acids is 1. The molecule has 3 aliphatic heterocycles. The number of hydrogen-bond donors (Lipinski definition) is 3. The van der Waals surface area contributed by atoms with Gasteiger partial charge >= 0.3 is 12.1 Å². The normalized spacial score (nSPS) is 30.5. The molecule has 10 nitrogen and oxygen atoms in total. The van der Waals surface area contributed by atoms with Gasteiger partial charge in [0, 0.05) is 42.8 Å². The lowest BCUT2D eigenvalue weighted by Crippen LogP contribution is -2.66. The van der Waals surface area contributed by atoms with Crippen LogP contribution in [0.15, 0.2) is 10.6 Å². The Kier molecular flexibility index (Phi) is 6.85. The van der Waals surface area contributed by atoms with E-state index in [9.17, 15) is 24.3 Å². The third-order valence-electron chi connectivity index (χ3n) is 6.07. The molecule has 31 heavy (non-hydrogen) atoms. The molecule has 11 heteroatoms. The van der Waals surface area contributed by atoms with E-state index in [1.54, 1.807) is 27.9 Å². The Hall–Kier alpha value is -2.27. The third kappa shape index (κ3) is 4.25. The average Bonchev–Trinajstić information content (AvgIpc) is 3.23. The van der Waals surface area contributed by atoms with Crippen molar-refractivity contribution in [1.29, 1.82) is 0 Å². The molecule has 0 aromatic carbocycles. The largest absolute Gasteiger partial charge is 0.477 e. The SMILES string of the molecule is CCOC(=O)N[C@H](C)[C@H]1C(=O)N2C(C(=O)O)=C(S[C@@H]3CN[C@H](C(=O)N(C)C)C3)[C@H](C)[C@H]12. The van der Waals surface area contributed by atoms with Gasteiger partial charge in [-0.2, -0.15) is 0 Å². The number of alkyl carbamates (subject to hydrolysis) is 1. The first-order chi connectivity index (χ1) is 14.6. The Morgan fingerprint density at radius 3 is 2.65 bits per heavy atom. The fourth-order valence-corrected chi connectivity index (χ4v) is 6.10. The Labute approximate surface area is 185 Å². The molecule has 2 saturated heterocycles. The van der Waals surface area contributed by atoms with Crippen LogP contribution >= 0.6 is 11.8 Å². The smallest absolute Gasteiger partial charge is 0.407 e. The summed E-state index contributed by atoms with van der Waals surface area (Å²) in [6.45, 7) is 6.15. The average molecular weight is 455 g/mol. The number of fused-ring (bicyclic) bond motifs is 1. The van der Waals surface area contributed by atoms with Gasteiger partial charge in [0.05, 0.1) is 24.6 Å².